The second-order valence-corrected chi connectivity index (χ2v) is 10.1. The zero-order chi connectivity index (χ0) is 18.4. The monoisotopic (exact) mass is 362 g/mol. The number of ketones is 1. The van der Waals surface area contributed by atoms with Crippen LogP contribution in [0.15, 0.2) is 12.2 Å². The molecule has 6 nitrogen and oxygen atoms in total. The quantitative estimate of drug-likeness (QED) is 0.550. The fraction of sp³-hybridized carbons (Fsp3) is 0.850. The number of aliphatic hydroxyl groups is 3. The Bertz CT molecular complexity index is 761. The molecule has 0 aromatic heterocycles. The second-order valence-electron chi connectivity index (χ2n) is 10.1. The van der Waals surface area contributed by atoms with Gasteiger partial charge in [-0.05, 0) is 42.6 Å². The van der Waals surface area contributed by atoms with Crippen molar-refractivity contribution in [3.8, 4) is 0 Å². The van der Waals surface area contributed by atoms with Crippen LogP contribution < -0.4 is 0 Å². The smallest absolute Gasteiger partial charge is 0.211 e. The summed E-state index contributed by atoms with van der Waals surface area (Å²) >= 11 is 0. The highest BCUT2D eigenvalue weighted by atomic mass is 16.8. The molecule has 8 aliphatic rings. The van der Waals surface area contributed by atoms with Crippen LogP contribution in [-0.4, -0.2) is 51.5 Å². The standard InChI is InChI=1S/C20H26O6/c1-8-9-4-5-10-18-11(21)6-7-17(2,3)12(18)14(23)20(24)19(10,13(8)22)15(9)25-16(18)26-20/h9-12,14-16,21,23-24H,1,4-7H2,2-3H3/t9-,10-,11-,12+,14-,15-,16-,18?,19+,20+/m0/s1. The lowest BCUT2D eigenvalue weighted by Gasteiger charge is -2.79. The molecular formula is C20H26O6. The van der Waals surface area contributed by atoms with Gasteiger partial charge in [-0.3, -0.25) is 4.79 Å². The van der Waals surface area contributed by atoms with Crippen LogP contribution in [0.2, 0.25) is 0 Å². The van der Waals surface area contributed by atoms with E-state index < -0.39 is 47.1 Å². The lowest BCUT2D eigenvalue weighted by atomic mass is 9.34. The number of hydrogen-bond donors (Lipinski definition) is 3. The molecule has 1 unspecified atom stereocenters. The van der Waals surface area contributed by atoms with Crippen molar-refractivity contribution in [1.29, 1.82) is 0 Å². The van der Waals surface area contributed by atoms with Crippen LogP contribution in [0, 0.1) is 34.0 Å². The molecule has 0 aromatic carbocycles. The van der Waals surface area contributed by atoms with E-state index in [4.69, 9.17) is 9.47 Å². The Morgan fingerprint density at radius 3 is 2.65 bits per heavy atom. The molecule has 4 aliphatic heterocycles. The highest BCUT2D eigenvalue weighted by Gasteiger charge is 2.92. The van der Waals surface area contributed by atoms with Gasteiger partial charge < -0.3 is 24.8 Å². The fourth-order valence-electron chi connectivity index (χ4n) is 8.38. The number of carbonyl (C=O) groups is 1. The number of aliphatic hydroxyl groups excluding tert-OH is 2. The molecule has 8 fully saturated rings. The molecule has 8 rings (SSSR count). The van der Waals surface area contributed by atoms with E-state index in [2.05, 4.69) is 20.4 Å². The Balaban J connectivity index is 1.70. The molecule has 4 saturated heterocycles. The molecule has 142 valence electrons. The number of Topliss-reactive ketones (excluding diaryl/α,β-unsaturated/α-hetero) is 1. The average molecular weight is 362 g/mol. The molecule has 0 aromatic rings. The molecule has 0 radical (unpaired) electrons. The van der Waals surface area contributed by atoms with Crippen LogP contribution in [-0.2, 0) is 14.3 Å². The summed E-state index contributed by atoms with van der Waals surface area (Å²) in [6.45, 7) is 8.14. The predicted molar refractivity (Wildman–Crippen MR) is 88.4 cm³/mol. The molecule has 4 heterocycles. The SMILES string of the molecule is C=C1C(=O)[C@]23[C@H]4O[C@H]5O[C@]2(O)[C@@H](O)[C@@H]2C(C)(C)CC[C@H](O)C52[C@@H]3CC[C@@H]14. The van der Waals surface area contributed by atoms with Crippen LogP contribution in [0.3, 0.4) is 0 Å². The van der Waals surface area contributed by atoms with Crippen molar-refractivity contribution in [3.05, 3.63) is 12.2 Å². The summed E-state index contributed by atoms with van der Waals surface area (Å²) in [5, 5.41) is 34.3. The molecule has 4 saturated carbocycles. The van der Waals surface area contributed by atoms with Gasteiger partial charge in [-0.15, -0.1) is 0 Å². The molecule has 10 atom stereocenters. The first-order valence-electron chi connectivity index (χ1n) is 9.80. The minimum absolute atomic E-state index is 0.133. The van der Waals surface area contributed by atoms with Crippen molar-refractivity contribution < 1.29 is 29.6 Å². The summed E-state index contributed by atoms with van der Waals surface area (Å²) in [4.78, 5) is 13.4. The maximum Gasteiger partial charge on any atom is 0.211 e. The van der Waals surface area contributed by atoms with Gasteiger partial charge in [0.1, 0.15) is 11.5 Å². The normalized spacial score (nSPS) is 64.0. The van der Waals surface area contributed by atoms with E-state index in [0.717, 1.165) is 12.8 Å². The minimum Gasteiger partial charge on any atom is -0.392 e. The van der Waals surface area contributed by atoms with Gasteiger partial charge in [-0.25, -0.2) is 0 Å². The number of carbonyl (C=O) groups excluding carboxylic acids is 1. The van der Waals surface area contributed by atoms with Crippen molar-refractivity contribution in [1.82, 2.24) is 0 Å². The topological polar surface area (TPSA) is 96.2 Å². The van der Waals surface area contributed by atoms with E-state index in [1.807, 2.05) is 0 Å². The summed E-state index contributed by atoms with van der Waals surface area (Å²) in [7, 11) is 0. The lowest BCUT2D eigenvalue weighted by Crippen LogP contribution is -2.91. The van der Waals surface area contributed by atoms with Crippen LogP contribution >= 0.6 is 0 Å². The van der Waals surface area contributed by atoms with Crippen LogP contribution in [0.25, 0.3) is 0 Å². The lowest BCUT2D eigenvalue weighted by molar-refractivity contribution is -0.556. The van der Waals surface area contributed by atoms with Gasteiger partial charge in [-0.2, -0.15) is 0 Å². The van der Waals surface area contributed by atoms with E-state index in [1.165, 1.54) is 0 Å². The van der Waals surface area contributed by atoms with Gasteiger partial charge in [-0.1, -0.05) is 20.4 Å². The molecular weight excluding hydrogens is 336 g/mol. The molecule has 4 aliphatic carbocycles. The Kier molecular flexibility index (Phi) is 2.57. The molecule has 3 N–H and O–H groups in total. The van der Waals surface area contributed by atoms with Gasteiger partial charge >= 0.3 is 0 Å². The van der Waals surface area contributed by atoms with Crippen LogP contribution in [0.4, 0.5) is 0 Å². The highest BCUT2D eigenvalue weighted by Crippen LogP contribution is 2.81. The van der Waals surface area contributed by atoms with Crippen molar-refractivity contribution in [2.24, 2.45) is 34.0 Å². The third kappa shape index (κ3) is 1.19. The molecule has 6 heteroatoms. The van der Waals surface area contributed by atoms with Gasteiger partial charge in [0.2, 0.25) is 5.79 Å². The first-order chi connectivity index (χ1) is 12.1. The van der Waals surface area contributed by atoms with E-state index in [1.54, 1.807) is 0 Å². The van der Waals surface area contributed by atoms with E-state index in [-0.39, 0.29) is 23.0 Å². The molecule has 7 bridgehead atoms. The molecule has 26 heavy (non-hydrogen) atoms. The Morgan fingerprint density at radius 2 is 1.92 bits per heavy atom. The summed E-state index contributed by atoms with van der Waals surface area (Å²) < 4.78 is 12.3. The largest absolute Gasteiger partial charge is 0.392 e. The third-order valence-electron chi connectivity index (χ3n) is 9.14. The maximum absolute atomic E-state index is 13.4. The summed E-state index contributed by atoms with van der Waals surface area (Å²) in [5.74, 6) is -2.99. The first-order valence-corrected chi connectivity index (χ1v) is 9.80. The molecule has 0 amide bonds. The Hall–Kier alpha value is -0.790. The number of hydrogen-bond acceptors (Lipinski definition) is 6. The van der Waals surface area contributed by atoms with Crippen molar-refractivity contribution in [2.75, 3.05) is 0 Å². The number of ether oxygens (including phenoxy) is 2. The van der Waals surface area contributed by atoms with Crippen molar-refractivity contribution in [3.63, 3.8) is 0 Å². The van der Waals surface area contributed by atoms with Crippen molar-refractivity contribution in [2.45, 2.75) is 69.9 Å². The summed E-state index contributed by atoms with van der Waals surface area (Å²) in [6, 6.07) is 0. The first kappa shape index (κ1) is 16.2. The predicted octanol–water partition coefficient (Wildman–Crippen LogP) is 0.740. The van der Waals surface area contributed by atoms with Gasteiger partial charge in [0.25, 0.3) is 0 Å². The Labute approximate surface area is 152 Å². The van der Waals surface area contributed by atoms with E-state index in [9.17, 15) is 20.1 Å². The summed E-state index contributed by atoms with van der Waals surface area (Å²) in [6.07, 6.45) is -0.473. The summed E-state index contributed by atoms with van der Waals surface area (Å²) in [5.41, 5.74) is -2.03. The van der Waals surface area contributed by atoms with Gasteiger partial charge in [0, 0.05) is 11.8 Å². The van der Waals surface area contributed by atoms with Crippen LogP contribution in [0.5, 0.6) is 0 Å². The average Bonchev–Trinajstić information content (AvgIpc) is 2.71. The highest BCUT2D eigenvalue weighted by molar-refractivity contribution is 6.05. The fourth-order valence-corrected chi connectivity index (χ4v) is 8.38. The zero-order valence-corrected chi connectivity index (χ0v) is 15.1. The van der Waals surface area contributed by atoms with Gasteiger partial charge in [0.15, 0.2) is 12.1 Å². The molecule has 2 spiro atoms. The zero-order valence-electron chi connectivity index (χ0n) is 15.1. The maximum atomic E-state index is 13.4. The van der Waals surface area contributed by atoms with E-state index >= 15 is 0 Å². The third-order valence-corrected chi connectivity index (χ3v) is 9.14. The van der Waals surface area contributed by atoms with Crippen LogP contribution in [0.1, 0.15) is 39.5 Å². The minimum atomic E-state index is -1.97. The van der Waals surface area contributed by atoms with Gasteiger partial charge in [0.05, 0.1) is 17.6 Å². The number of rotatable bonds is 0. The Morgan fingerprint density at radius 1 is 1.19 bits per heavy atom. The van der Waals surface area contributed by atoms with E-state index in [0.29, 0.717) is 18.4 Å². The van der Waals surface area contributed by atoms with Crippen molar-refractivity contribution >= 4 is 5.78 Å². The second kappa shape index (κ2) is 4.13.